The van der Waals surface area contributed by atoms with Gasteiger partial charge in [0.15, 0.2) is 0 Å². The lowest BCUT2D eigenvalue weighted by molar-refractivity contribution is -0.132. The highest BCUT2D eigenvalue weighted by atomic mass is 16.2. The van der Waals surface area contributed by atoms with E-state index in [1.165, 1.54) is 4.57 Å². The summed E-state index contributed by atoms with van der Waals surface area (Å²) in [5.74, 6) is 0.631. The van der Waals surface area contributed by atoms with E-state index in [0.29, 0.717) is 30.8 Å². The van der Waals surface area contributed by atoms with E-state index in [1.807, 2.05) is 24.0 Å². The predicted octanol–water partition coefficient (Wildman–Crippen LogP) is 1.29. The van der Waals surface area contributed by atoms with Crippen LogP contribution in [0.25, 0.3) is 10.9 Å². The number of rotatable bonds is 4. The Bertz CT molecular complexity index is 791. The first kappa shape index (κ1) is 16.6. The second kappa shape index (κ2) is 7.13. The van der Waals surface area contributed by atoms with Gasteiger partial charge in [-0.2, -0.15) is 0 Å². The number of carbonyl (C=O) groups is 1. The molecule has 1 aromatic carbocycles. The number of aryl methyl sites for hydroxylation is 2. The number of aromatic nitrogens is 2. The van der Waals surface area contributed by atoms with E-state index in [2.05, 4.69) is 4.98 Å². The maximum Gasteiger partial charge on any atom is 0.261 e. The highest BCUT2D eigenvalue weighted by molar-refractivity contribution is 5.80. The van der Waals surface area contributed by atoms with Gasteiger partial charge in [0, 0.05) is 26.1 Å². The number of nitrogens with two attached hydrogens (primary N) is 1. The molecule has 3 rings (SSSR count). The molecular formula is C18H24N4O2. The van der Waals surface area contributed by atoms with Gasteiger partial charge in [-0.1, -0.05) is 12.1 Å². The van der Waals surface area contributed by atoms with Gasteiger partial charge in [-0.15, -0.1) is 0 Å². The van der Waals surface area contributed by atoms with Crippen LogP contribution in [0.2, 0.25) is 0 Å². The molecule has 6 nitrogen and oxygen atoms in total. The molecule has 2 N–H and O–H groups in total. The SMILES string of the molecule is Cc1cccc2c(=O)n(CCC(=O)N3CCC(CN)CC3)cnc12. The molecule has 0 atom stereocenters. The molecule has 1 aliphatic rings. The predicted molar refractivity (Wildman–Crippen MR) is 93.7 cm³/mol. The van der Waals surface area contributed by atoms with Crippen molar-refractivity contribution in [2.45, 2.75) is 32.7 Å². The summed E-state index contributed by atoms with van der Waals surface area (Å²) >= 11 is 0. The van der Waals surface area contributed by atoms with Crippen molar-refractivity contribution < 1.29 is 4.79 Å². The molecule has 2 heterocycles. The molecule has 6 heteroatoms. The molecule has 0 radical (unpaired) electrons. The van der Waals surface area contributed by atoms with Crippen molar-refractivity contribution in [3.05, 3.63) is 40.4 Å². The van der Waals surface area contributed by atoms with Crippen LogP contribution in [-0.4, -0.2) is 40.0 Å². The van der Waals surface area contributed by atoms with Crippen LogP contribution in [-0.2, 0) is 11.3 Å². The lowest BCUT2D eigenvalue weighted by Crippen LogP contribution is -2.40. The molecule has 1 saturated heterocycles. The Labute approximate surface area is 141 Å². The van der Waals surface area contributed by atoms with Crippen LogP contribution in [0, 0.1) is 12.8 Å². The van der Waals surface area contributed by atoms with Gasteiger partial charge >= 0.3 is 0 Å². The topological polar surface area (TPSA) is 81.2 Å². The average Bonchev–Trinajstić information content (AvgIpc) is 2.61. The van der Waals surface area contributed by atoms with Crippen LogP contribution in [0.15, 0.2) is 29.3 Å². The second-order valence-electron chi connectivity index (χ2n) is 6.52. The maximum atomic E-state index is 12.5. The fourth-order valence-corrected chi connectivity index (χ4v) is 3.29. The van der Waals surface area contributed by atoms with Crippen molar-refractivity contribution in [2.75, 3.05) is 19.6 Å². The number of hydrogen-bond acceptors (Lipinski definition) is 4. The van der Waals surface area contributed by atoms with Crippen molar-refractivity contribution in [3.63, 3.8) is 0 Å². The smallest absolute Gasteiger partial charge is 0.261 e. The maximum absolute atomic E-state index is 12.5. The number of hydrogen-bond donors (Lipinski definition) is 1. The monoisotopic (exact) mass is 328 g/mol. The van der Waals surface area contributed by atoms with Gasteiger partial charge in [0.1, 0.15) is 0 Å². The molecule has 0 bridgehead atoms. The average molecular weight is 328 g/mol. The van der Waals surface area contributed by atoms with Crippen LogP contribution in [0.3, 0.4) is 0 Å². The Kier molecular flexibility index (Phi) is 4.94. The summed E-state index contributed by atoms with van der Waals surface area (Å²) in [5.41, 5.74) is 7.31. The number of benzene rings is 1. The summed E-state index contributed by atoms with van der Waals surface area (Å²) in [4.78, 5) is 31.2. The summed E-state index contributed by atoms with van der Waals surface area (Å²) < 4.78 is 1.53. The van der Waals surface area contributed by atoms with Gasteiger partial charge in [-0.25, -0.2) is 4.98 Å². The zero-order valence-corrected chi connectivity index (χ0v) is 14.1. The van der Waals surface area contributed by atoms with Gasteiger partial charge < -0.3 is 10.6 Å². The van der Waals surface area contributed by atoms with Crippen molar-refractivity contribution in [1.29, 1.82) is 0 Å². The number of piperidine rings is 1. The third kappa shape index (κ3) is 3.33. The third-order valence-corrected chi connectivity index (χ3v) is 4.92. The number of amides is 1. The summed E-state index contributed by atoms with van der Waals surface area (Å²) in [5, 5.41) is 0.605. The van der Waals surface area contributed by atoms with E-state index in [0.717, 1.165) is 37.0 Å². The van der Waals surface area contributed by atoms with E-state index in [-0.39, 0.29) is 11.5 Å². The largest absolute Gasteiger partial charge is 0.343 e. The van der Waals surface area contributed by atoms with Gasteiger partial charge in [-0.05, 0) is 43.9 Å². The fraction of sp³-hybridized carbons (Fsp3) is 0.500. The van der Waals surface area contributed by atoms with Gasteiger partial charge in [0.25, 0.3) is 5.56 Å². The fourth-order valence-electron chi connectivity index (χ4n) is 3.29. The van der Waals surface area contributed by atoms with E-state index >= 15 is 0 Å². The summed E-state index contributed by atoms with van der Waals surface area (Å²) in [7, 11) is 0. The van der Waals surface area contributed by atoms with Gasteiger partial charge in [-0.3, -0.25) is 14.2 Å². The van der Waals surface area contributed by atoms with Crippen LogP contribution >= 0.6 is 0 Å². The van der Waals surface area contributed by atoms with Crippen molar-refractivity contribution >= 4 is 16.8 Å². The summed E-state index contributed by atoms with van der Waals surface area (Å²) in [6, 6.07) is 5.58. The molecule has 0 aliphatic carbocycles. The molecule has 1 aliphatic heterocycles. The first-order valence-electron chi connectivity index (χ1n) is 8.52. The summed E-state index contributed by atoms with van der Waals surface area (Å²) in [6.07, 6.45) is 3.82. The lowest BCUT2D eigenvalue weighted by atomic mass is 9.97. The van der Waals surface area contributed by atoms with Crippen molar-refractivity contribution in [3.8, 4) is 0 Å². The van der Waals surface area contributed by atoms with Crippen LogP contribution in [0.1, 0.15) is 24.8 Å². The molecule has 2 aromatic rings. The van der Waals surface area contributed by atoms with Crippen molar-refractivity contribution in [2.24, 2.45) is 11.7 Å². The molecule has 1 amide bonds. The van der Waals surface area contributed by atoms with Crippen LogP contribution in [0.4, 0.5) is 0 Å². The zero-order chi connectivity index (χ0) is 17.1. The Hall–Kier alpha value is -2.21. The minimum Gasteiger partial charge on any atom is -0.343 e. The normalized spacial score (nSPS) is 15.8. The Morgan fingerprint density at radius 2 is 2.08 bits per heavy atom. The van der Waals surface area contributed by atoms with Gasteiger partial charge in [0.2, 0.25) is 5.91 Å². The first-order valence-corrected chi connectivity index (χ1v) is 8.52. The second-order valence-corrected chi connectivity index (χ2v) is 6.52. The highest BCUT2D eigenvalue weighted by Crippen LogP contribution is 2.16. The number of carbonyl (C=O) groups excluding carboxylic acids is 1. The standard InChI is InChI=1S/C18H24N4O2/c1-13-3-2-4-15-17(13)20-12-22(18(15)24)10-7-16(23)21-8-5-14(11-19)6-9-21/h2-4,12,14H,5-11,19H2,1H3. The first-order chi connectivity index (χ1) is 11.6. The lowest BCUT2D eigenvalue weighted by Gasteiger charge is -2.31. The van der Waals surface area contributed by atoms with Crippen molar-refractivity contribution in [1.82, 2.24) is 14.5 Å². The van der Waals surface area contributed by atoms with Crippen LogP contribution in [0.5, 0.6) is 0 Å². The van der Waals surface area contributed by atoms with E-state index in [1.54, 1.807) is 12.4 Å². The Morgan fingerprint density at radius 3 is 2.79 bits per heavy atom. The highest BCUT2D eigenvalue weighted by Gasteiger charge is 2.21. The van der Waals surface area contributed by atoms with E-state index in [9.17, 15) is 9.59 Å². The zero-order valence-electron chi connectivity index (χ0n) is 14.1. The van der Waals surface area contributed by atoms with E-state index < -0.39 is 0 Å². The number of likely N-dealkylation sites (tertiary alicyclic amines) is 1. The number of nitrogens with zero attached hydrogens (tertiary/aromatic N) is 3. The Morgan fingerprint density at radius 1 is 1.33 bits per heavy atom. The summed E-state index contributed by atoms with van der Waals surface area (Å²) in [6.45, 7) is 4.54. The Balaban J connectivity index is 1.67. The molecule has 24 heavy (non-hydrogen) atoms. The molecule has 128 valence electrons. The molecule has 1 fully saturated rings. The number of para-hydroxylation sites is 1. The molecule has 1 aromatic heterocycles. The third-order valence-electron chi connectivity index (χ3n) is 4.92. The van der Waals surface area contributed by atoms with Gasteiger partial charge in [0.05, 0.1) is 17.2 Å². The quantitative estimate of drug-likeness (QED) is 0.917. The van der Waals surface area contributed by atoms with E-state index in [4.69, 9.17) is 5.73 Å². The molecule has 0 saturated carbocycles. The van der Waals surface area contributed by atoms with Crippen LogP contribution < -0.4 is 11.3 Å². The molecule has 0 unspecified atom stereocenters. The minimum absolute atomic E-state index is 0.0849. The minimum atomic E-state index is -0.0849. The molecular weight excluding hydrogens is 304 g/mol. The molecule has 0 spiro atoms. The number of fused-ring (bicyclic) bond motifs is 1.